The van der Waals surface area contributed by atoms with Gasteiger partial charge in [-0.05, 0) is 0 Å². The van der Waals surface area contributed by atoms with Crippen LogP contribution in [-0.2, 0) is 4.79 Å². The SMILES string of the molecule is CCC(=O)O.[Ar]. The maximum absolute atomic E-state index is 9.37. The Morgan fingerprint density at radius 1 is 1.83 bits per heavy atom. The molecule has 0 amide bonds. The van der Waals surface area contributed by atoms with E-state index < -0.39 is 5.97 Å². The largest absolute Gasteiger partial charge is 0.481 e. The number of aliphatic carboxylic acids is 1. The molecular weight excluding hydrogens is 108 g/mol. The van der Waals surface area contributed by atoms with Gasteiger partial charge in [-0.2, -0.15) is 0 Å². The van der Waals surface area contributed by atoms with Crippen LogP contribution in [0.1, 0.15) is 13.3 Å². The molecular formula is C3H6ArO2. The van der Waals surface area contributed by atoms with E-state index in [2.05, 4.69) is 0 Å². The van der Waals surface area contributed by atoms with Crippen molar-refractivity contribution in [2.24, 2.45) is 0 Å². The molecule has 3 heteroatoms. The van der Waals surface area contributed by atoms with Gasteiger partial charge in [0.2, 0.25) is 0 Å². The van der Waals surface area contributed by atoms with Gasteiger partial charge in [0.1, 0.15) is 0 Å². The van der Waals surface area contributed by atoms with Gasteiger partial charge in [0.05, 0.1) is 0 Å². The summed E-state index contributed by atoms with van der Waals surface area (Å²) in [6.45, 7) is 1.60. The van der Waals surface area contributed by atoms with Gasteiger partial charge in [0, 0.05) is 44.2 Å². The van der Waals surface area contributed by atoms with Crippen molar-refractivity contribution in [1.82, 2.24) is 0 Å². The molecule has 0 heterocycles. The Balaban J connectivity index is 0. The summed E-state index contributed by atoms with van der Waals surface area (Å²) in [5.41, 5.74) is 0. The topological polar surface area (TPSA) is 37.3 Å². The number of carbonyl (C=O) groups is 1. The van der Waals surface area contributed by atoms with Crippen LogP contribution in [0.5, 0.6) is 0 Å². The molecule has 0 spiro atoms. The van der Waals surface area contributed by atoms with E-state index in [1.54, 1.807) is 6.92 Å². The zero-order chi connectivity index (χ0) is 4.28. The molecule has 0 radical (unpaired) electrons. The molecule has 0 aliphatic heterocycles. The van der Waals surface area contributed by atoms with Crippen LogP contribution < -0.4 is 0 Å². The van der Waals surface area contributed by atoms with Gasteiger partial charge in [0.25, 0.3) is 0 Å². The standard InChI is InChI=1S/C3H6O2.Ar/c1-2-3(4)5;/h2H2,1H3,(H,4,5);. The van der Waals surface area contributed by atoms with Gasteiger partial charge < -0.3 is 5.11 Å². The summed E-state index contributed by atoms with van der Waals surface area (Å²) in [7, 11) is 0. The predicted molar refractivity (Wildman–Crippen MR) is 17.9 cm³/mol. The van der Waals surface area contributed by atoms with Crippen LogP contribution in [0.2, 0.25) is 0 Å². The Kier molecular flexibility index (Phi) is 9.43. The first kappa shape index (κ1) is 9.88. The van der Waals surface area contributed by atoms with Gasteiger partial charge in [-0.25, -0.2) is 0 Å². The second kappa shape index (κ2) is 5.73. The van der Waals surface area contributed by atoms with Crippen molar-refractivity contribution in [2.75, 3.05) is 0 Å². The summed E-state index contributed by atoms with van der Waals surface area (Å²) in [5, 5.41) is 7.72. The molecule has 0 aromatic rings. The number of rotatable bonds is 1. The van der Waals surface area contributed by atoms with E-state index in [1.807, 2.05) is 0 Å². The van der Waals surface area contributed by atoms with Crippen LogP contribution in [0.4, 0.5) is 0 Å². The molecule has 1 N–H and O–H groups in total. The van der Waals surface area contributed by atoms with Crippen molar-refractivity contribution in [3.8, 4) is 0 Å². The minimum Gasteiger partial charge on any atom is -0.481 e. The Bertz CT molecular complexity index is 44.1. The third-order valence-corrected chi connectivity index (χ3v) is 0.302. The molecule has 0 saturated heterocycles. The van der Waals surface area contributed by atoms with Crippen LogP contribution in [-0.4, -0.2) is 11.1 Å². The normalized spacial score (nSPS) is 6.17. The van der Waals surface area contributed by atoms with Gasteiger partial charge >= 0.3 is 5.97 Å². The first-order valence-electron chi connectivity index (χ1n) is 1.49. The van der Waals surface area contributed by atoms with Gasteiger partial charge in [-0.15, -0.1) is 0 Å². The molecule has 0 unspecified atom stereocenters. The molecule has 0 aliphatic carbocycles. The third-order valence-electron chi connectivity index (χ3n) is 0.302. The minimum atomic E-state index is -0.745. The number of carboxylic acid groups (broad SMARTS) is 1. The molecule has 0 aromatic carbocycles. The Morgan fingerprint density at radius 2 is 2.00 bits per heavy atom. The molecule has 6 heavy (non-hydrogen) atoms. The fraction of sp³-hybridized carbons (Fsp3) is 0.667. The zero-order valence-electron chi connectivity index (χ0n) is 3.42. The molecule has 0 aliphatic rings. The average Bonchev–Trinajstić information content (AvgIpc) is 1.38. The van der Waals surface area contributed by atoms with Crippen LogP contribution in [0, 0.1) is 37.7 Å². The molecule has 0 atom stereocenters. The Labute approximate surface area is 66.5 Å². The summed E-state index contributed by atoms with van der Waals surface area (Å²) >= 11 is 0. The number of carboxylic acids is 1. The third kappa shape index (κ3) is 8.83. The number of hydrogen-bond donors (Lipinski definition) is 1. The van der Waals surface area contributed by atoms with Crippen molar-refractivity contribution in [1.29, 1.82) is 0 Å². The van der Waals surface area contributed by atoms with Crippen LogP contribution in [0.15, 0.2) is 0 Å². The second-order valence-electron chi connectivity index (χ2n) is 0.747. The van der Waals surface area contributed by atoms with Crippen molar-refractivity contribution in [3.63, 3.8) is 0 Å². The predicted octanol–water partition coefficient (Wildman–Crippen LogP) is 0.481. The van der Waals surface area contributed by atoms with E-state index in [4.69, 9.17) is 5.11 Å². The van der Waals surface area contributed by atoms with Crippen molar-refractivity contribution >= 4 is 5.97 Å². The van der Waals surface area contributed by atoms with Gasteiger partial charge in [-0.3, -0.25) is 4.79 Å². The molecule has 2 nitrogen and oxygen atoms in total. The first-order valence-corrected chi connectivity index (χ1v) is 1.49. The second-order valence-corrected chi connectivity index (χ2v) is 0.747. The quantitative estimate of drug-likeness (QED) is 0.538. The van der Waals surface area contributed by atoms with Crippen molar-refractivity contribution < 1.29 is 47.6 Å². The summed E-state index contributed by atoms with van der Waals surface area (Å²) in [4.78, 5) is 9.37. The minimum absolute atomic E-state index is 0. The molecule has 0 fully saturated rings. The van der Waals surface area contributed by atoms with Crippen LogP contribution in [0.25, 0.3) is 0 Å². The Morgan fingerprint density at radius 3 is 2.00 bits per heavy atom. The molecule has 0 aromatic heterocycles. The summed E-state index contributed by atoms with van der Waals surface area (Å²) < 4.78 is 0. The molecule has 0 rings (SSSR count). The first-order chi connectivity index (χ1) is 2.27. The van der Waals surface area contributed by atoms with E-state index in [0.717, 1.165) is 0 Å². The summed E-state index contributed by atoms with van der Waals surface area (Å²) in [5.74, 6) is -0.745. The van der Waals surface area contributed by atoms with Gasteiger partial charge in [-0.1, -0.05) is 6.92 Å². The zero-order valence-corrected chi connectivity index (χ0v) is 4.12. The fourth-order valence-corrected chi connectivity index (χ4v) is 0. The van der Waals surface area contributed by atoms with E-state index in [1.165, 1.54) is 0 Å². The fourth-order valence-electron chi connectivity index (χ4n) is 0. The molecule has 38 valence electrons. The van der Waals surface area contributed by atoms with Crippen molar-refractivity contribution in [2.45, 2.75) is 13.3 Å². The summed E-state index contributed by atoms with van der Waals surface area (Å²) in [6, 6.07) is 0. The maximum Gasteiger partial charge on any atom is 0.303 e. The smallest absolute Gasteiger partial charge is 0.303 e. The molecule has 0 bridgehead atoms. The summed E-state index contributed by atoms with van der Waals surface area (Å²) in [6.07, 6.45) is 0.222. The monoisotopic (exact) mass is 114 g/mol. The van der Waals surface area contributed by atoms with E-state index in [0.29, 0.717) is 0 Å². The van der Waals surface area contributed by atoms with Crippen LogP contribution in [0.3, 0.4) is 0 Å². The maximum atomic E-state index is 9.37. The van der Waals surface area contributed by atoms with Crippen molar-refractivity contribution in [3.05, 3.63) is 0 Å². The van der Waals surface area contributed by atoms with E-state index in [9.17, 15) is 4.79 Å². The Hall–Kier alpha value is 0.730. The van der Waals surface area contributed by atoms with Crippen LogP contribution >= 0.6 is 0 Å². The molecule has 0 saturated carbocycles. The average molecular weight is 114 g/mol. The van der Waals surface area contributed by atoms with E-state index in [-0.39, 0.29) is 44.2 Å². The van der Waals surface area contributed by atoms with Gasteiger partial charge in [0.15, 0.2) is 0 Å². The van der Waals surface area contributed by atoms with E-state index >= 15 is 0 Å². The number of hydrogen-bond acceptors (Lipinski definition) is 1.